The van der Waals surface area contributed by atoms with Crippen molar-refractivity contribution in [3.8, 4) is 16.9 Å². The lowest BCUT2D eigenvalue weighted by molar-refractivity contribution is -0.138. The summed E-state index contributed by atoms with van der Waals surface area (Å²) in [4.78, 5) is 14.8. The highest BCUT2D eigenvalue weighted by molar-refractivity contribution is 5.94. The number of benzene rings is 1. The molecule has 0 saturated carbocycles. The molecule has 0 radical (unpaired) electrons. The number of aromatic carboxylic acids is 1. The molecule has 2 rings (SSSR count). The van der Waals surface area contributed by atoms with Gasteiger partial charge in [0.05, 0.1) is 12.7 Å². The van der Waals surface area contributed by atoms with Gasteiger partial charge in [-0.2, -0.15) is 13.2 Å². The fourth-order valence-corrected chi connectivity index (χ4v) is 1.97. The first-order valence-corrected chi connectivity index (χ1v) is 5.99. The van der Waals surface area contributed by atoms with Crippen molar-refractivity contribution in [1.82, 2.24) is 4.98 Å². The Morgan fingerprint density at radius 3 is 2.50 bits per heavy atom. The Labute approximate surface area is 123 Å². The van der Waals surface area contributed by atoms with Crippen molar-refractivity contribution in [1.29, 1.82) is 0 Å². The van der Waals surface area contributed by atoms with Gasteiger partial charge in [-0.25, -0.2) is 9.78 Å². The molecule has 0 fully saturated rings. The molecule has 1 aromatic heterocycles. The number of carboxylic acid groups (broad SMARTS) is 1. The van der Waals surface area contributed by atoms with Gasteiger partial charge in [-0.05, 0) is 29.8 Å². The van der Waals surface area contributed by atoms with Crippen molar-refractivity contribution >= 4 is 11.8 Å². The molecule has 8 heteroatoms. The first-order valence-electron chi connectivity index (χ1n) is 5.99. The average Bonchev–Trinajstić information content (AvgIpc) is 2.45. The van der Waals surface area contributed by atoms with Crippen molar-refractivity contribution in [3.63, 3.8) is 0 Å². The number of methoxy groups -OCH3 is 1. The largest absolute Gasteiger partial charge is 0.496 e. The van der Waals surface area contributed by atoms with E-state index in [-0.39, 0.29) is 22.7 Å². The minimum Gasteiger partial charge on any atom is -0.496 e. The van der Waals surface area contributed by atoms with Crippen LogP contribution in [0, 0.1) is 0 Å². The van der Waals surface area contributed by atoms with Crippen molar-refractivity contribution in [3.05, 3.63) is 41.6 Å². The van der Waals surface area contributed by atoms with E-state index in [0.717, 1.165) is 19.2 Å². The number of nitrogens with zero attached hydrogens (tertiary/aromatic N) is 1. The number of carbonyl (C=O) groups is 1. The SMILES string of the molecule is COc1ccc(-c2ccc(N)nc2C(=O)O)cc1C(F)(F)F. The third kappa shape index (κ3) is 2.95. The molecule has 0 aliphatic carbocycles. The lowest BCUT2D eigenvalue weighted by Gasteiger charge is -2.14. The standard InChI is InChI=1S/C14H11F3N2O3/c1-22-10-4-2-7(6-9(10)14(15,16)17)8-3-5-11(18)19-12(8)13(20)21/h2-6H,1H3,(H2,18,19)(H,20,21). The van der Waals surface area contributed by atoms with E-state index < -0.39 is 23.4 Å². The minimum atomic E-state index is -4.63. The zero-order chi connectivity index (χ0) is 16.5. The van der Waals surface area contributed by atoms with Crippen molar-refractivity contribution < 1.29 is 27.8 Å². The predicted molar refractivity (Wildman–Crippen MR) is 72.6 cm³/mol. The zero-order valence-electron chi connectivity index (χ0n) is 11.3. The molecule has 116 valence electrons. The van der Waals surface area contributed by atoms with Crippen molar-refractivity contribution in [2.45, 2.75) is 6.18 Å². The monoisotopic (exact) mass is 312 g/mol. The summed E-state index contributed by atoms with van der Waals surface area (Å²) in [7, 11) is 1.12. The van der Waals surface area contributed by atoms with Gasteiger partial charge in [-0.15, -0.1) is 0 Å². The number of hydrogen-bond donors (Lipinski definition) is 2. The molecule has 0 bridgehead atoms. The molecule has 0 amide bonds. The quantitative estimate of drug-likeness (QED) is 0.910. The Hall–Kier alpha value is -2.77. The van der Waals surface area contributed by atoms with Gasteiger partial charge in [0.25, 0.3) is 0 Å². The predicted octanol–water partition coefficient (Wildman–Crippen LogP) is 3.06. The number of aromatic nitrogens is 1. The second-order valence-corrected chi connectivity index (χ2v) is 4.35. The summed E-state index contributed by atoms with van der Waals surface area (Å²) in [5.41, 5.74) is 4.09. The second kappa shape index (κ2) is 5.55. The topological polar surface area (TPSA) is 85.4 Å². The molecular weight excluding hydrogens is 301 g/mol. The van der Waals surface area contributed by atoms with Gasteiger partial charge < -0.3 is 15.6 Å². The van der Waals surface area contributed by atoms with Crippen LogP contribution < -0.4 is 10.5 Å². The normalized spacial score (nSPS) is 11.3. The van der Waals surface area contributed by atoms with Crippen molar-refractivity contribution in [2.75, 3.05) is 12.8 Å². The Morgan fingerprint density at radius 1 is 1.27 bits per heavy atom. The van der Waals surface area contributed by atoms with Crippen LogP contribution in [0.1, 0.15) is 16.1 Å². The lowest BCUT2D eigenvalue weighted by Crippen LogP contribution is -2.09. The molecule has 5 nitrogen and oxygen atoms in total. The van der Waals surface area contributed by atoms with Gasteiger partial charge in [0.1, 0.15) is 11.6 Å². The third-order valence-corrected chi connectivity index (χ3v) is 2.94. The maximum Gasteiger partial charge on any atom is 0.419 e. The van der Waals surface area contributed by atoms with Crippen LogP contribution in [0.3, 0.4) is 0 Å². The van der Waals surface area contributed by atoms with Crippen molar-refractivity contribution in [2.24, 2.45) is 0 Å². The van der Waals surface area contributed by atoms with Gasteiger partial charge in [0.15, 0.2) is 5.69 Å². The van der Waals surface area contributed by atoms with E-state index in [4.69, 9.17) is 10.8 Å². The number of anilines is 1. The van der Waals surface area contributed by atoms with Crippen LogP contribution in [0.15, 0.2) is 30.3 Å². The summed E-state index contributed by atoms with van der Waals surface area (Å²) >= 11 is 0. The average molecular weight is 312 g/mol. The first kappa shape index (κ1) is 15.6. The van der Waals surface area contributed by atoms with E-state index in [9.17, 15) is 18.0 Å². The van der Waals surface area contributed by atoms with Crippen LogP contribution >= 0.6 is 0 Å². The Morgan fingerprint density at radius 2 is 1.95 bits per heavy atom. The number of rotatable bonds is 3. The molecule has 0 aliphatic heterocycles. The Bertz CT molecular complexity index is 730. The summed E-state index contributed by atoms with van der Waals surface area (Å²) in [5, 5.41) is 9.12. The van der Waals surface area contributed by atoms with Gasteiger partial charge >= 0.3 is 12.1 Å². The second-order valence-electron chi connectivity index (χ2n) is 4.35. The first-order chi connectivity index (χ1) is 10.2. The fourth-order valence-electron chi connectivity index (χ4n) is 1.97. The minimum absolute atomic E-state index is 0.0364. The number of nitrogens with two attached hydrogens (primary N) is 1. The van der Waals surface area contributed by atoms with E-state index >= 15 is 0 Å². The zero-order valence-corrected chi connectivity index (χ0v) is 11.3. The number of ether oxygens (including phenoxy) is 1. The fraction of sp³-hybridized carbons (Fsp3) is 0.143. The van der Waals surface area contributed by atoms with E-state index in [1.165, 1.54) is 18.2 Å². The molecular formula is C14H11F3N2O3. The van der Waals surface area contributed by atoms with Crippen LogP contribution in [0.5, 0.6) is 5.75 Å². The molecule has 0 unspecified atom stereocenters. The highest BCUT2D eigenvalue weighted by Crippen LogP contribution is 2.39. The molecule has 2 aromatic rings. The van der Waals surface area contributed by atoms with E-state index in [0.29, 0.717) is 0 Å². The van der Waals surface area contributed by atoms with E-state index in [1.807, 2.05) is 0 Å². The summed E-state index contributed by atoms with van der Waals surface area (Å²) < 4.78 is 43.8. The smallest absolute Gasteiger partial charge is 0.419 e. The maximum absolute atomic E-state index is 13.0. The molecule has 22 heavy (non-hydrogen) atoms. The van der Waals surface area contributed by atoms with Gasteiger partial charge in [0.2, 0.25) is 0 Å². The van der Waals surface area contributed by atoms with Gasteiger partial charge in [-0.3, -0.25) is 0 Å². The molecule has 1 aromatic carbocycles. The van der Waals surface area contributed by atoms with Crippen LogP contribution in [0.25, 0.3) is 11.1 Å². The summed E-state index contributed by atoms with van der Waals surface area (Å²) in [6.45, 7) is 0. The summed E-state index contributed by atoms with van der Waals surface area (Å²) in [5.74, 6) is -1.77. The van der Waals surface area contributed by atoms with E-state index in [1.54, 1.807) is 0 Å². The number of hydrogen-bond acceptors (Lipinski definition) is 4. The summed E-state index contributed by atoms with van der Waals surface area (Å²) in [6.07, 6.45) is -4.63. The molecule has 0 aliphatic rings. The number of pyridine rings is 1. The van der Waals surface area contributed by atoms with Crippen LogP contribution in [-0.2, 0) is 6.18 Å². The summed E-state index contributed by atoms with van der Waals surface area (Å²) in [6, 6.07) is 5.90. The highest BCUT2D eigenvalue weighted by atomic mass is 19.4. The van der Waals surface area contributed by atoms with E-state index in [2.05, 4.69) is 9.72 Å². The molecule has 0 saturated heterocycles. The van der Waals surface area contributed by atoms with Crippen LogP contribution in [0.2, 0.25) is 0 Å². The molecule has 3 N–H and O–H groups in total. The molecule has 1 heterocycles. The van der Waals surface area contributed by atoms with Crippen LogP contribution in [-0.4, -0.2) is 23.2 Å². The van der Waals surface area contributed by atoms with Gasteiger partial charge in [-0.1, -0.05) is 6.07 Å². The molecule has 0 atom stereocenters. The van der Waals surface area contributed by atoms with Crippen LogP contribution in [0.4, 0.5) is 19.0 Å². The number of halogens is 3. The highest BCUT2D eigenvalue weighted by Gasteiger charge is 2.34. The number of alkyl halides is 3. The maximum atomic E-state index is 13.0. The lowest BCUT2D eigenvalue weighted by atomic mass is 10.0. The Kier molecular flexibility index (Phi) is 3.94. The Balaban J connectivity index is 2.67. The van der Waals surface area contributed by atoms with Gasteiger partial charge in [0, 0.05) is 5.56 Å². The molecule has 0 spiro atoms. The number of carboxylic acids is 1. The third-order valence-electron chi connectivity index (χ3n) is 2.94. The number of nitrogen functional groups attached to an aromatic ring is 1.